The summed E-state index contributed by atoms with van der Waals surface area (Å²) in [6.07, 6.45) is 0. The molecule has 0 aliphatic rings. The quantitative estimate of drug-likeness (QED) is 0.825. The average Bonchev–Trinajstić information content (AvgIpc) is 2.78. The van der Waals surface area contributed by atoms with Crippen LogP contribution in [0.1, 0.15) is 23.5 Å². The molecular weight excluding hydrogens is 290 g/mol. The molecule has 0 atom stereocenters. The van der Waals surface area contributed by atoms with Gasteiger partial charge >= 0.3 is 5.97 Å². The fourth-order valence-electron chi connectivity index (χ4n) is 1.54. The van der Waals surface area contributed by atoms with Crippen molar-refractivity contribution < 1.29 is 23.1 Å². The number of carboxylic acids is 1. The number of hydrogen-bond acceptors (Lipinski definition) is 5. The second kappa shape index (κ2) is 6.47. The maximum atomic E-state index is 12.4. The van der Waals surface area contributed by atoms with E-state index in [9.17, 15) is 13.2 Å². The Morgan fingerprint density at radius 1 is 1.53 bits per heavy atom. The number of nitrogens with zero attached hydrogens (tertiary/aromatic N) is 1. The Hall–Kier alpha value is -0.960. The molecule has 1 rings (SSSR count). The number of aromatic carboxylic acids is 1. The molecule has 0 amide bonds. The Labute approximate surface area is 116 Å². The highest BCUT2D eigenvalue weighted by molar-refractivity contribution is 7.89. The van der Waals surface area contributed by atoms with Crippen LogP contribution in [0.2, 0.25) is 0 Å². The van der Waals surface area contributed by atoms with E-state index in [0.29, 0.717) is 0 Å². The zero-order valence-electron chi connectivity index (χ0n) is 11.0. The first-order valence-electron chi connectivity index (χ1n) is 5.63. The summed E-state index contributed by atoms with van der Waals surface area (Å²) in [4.78, 5) is 10.8. The number of ether oxygens (including phenoxy) is 1. The molecule has 0 spiro atoms. The summed E-state index contributed by atoms with van der Waals surface area (Å²) in [7, 11) is -2.19. The lowest BCUT2D eigenvalue weighted by Crippen LogP contribution is -2.39. The Balaban J connectivity index is 3.07. The third-order valence-electron chi connectivity index (χ3n) is 2.48. The van der Waals surface area contributed by atoms with Gasteiger partial charge in [0.25, 0.3) is 0 Å². The van der Waals surface area contributed by atoms with E-state index in [2.05, 4.69) is 0 Å². The zero-order chi connectivity index (χ0) is 14.6. The summed E-state index contributed by atoms with van der Waals surface area (Å²) in [5.74, 6) is -1.13. The minimum atomic E-state index is -3.68. The number of carbonyl (C=O) groups is 1. The van der Waals surface area contributed by atoms with Crippen molar-refractivity contribution in [2.24, 2.45) is 0 Å². The van der Waals surface area contributed by atoms with Crippen LogP contribution in [-0.2, 0) is 14.8 Å². The Bertz CT molecular complexity index is 535. The van der Waals surface area contributed by atoms with Gasteiger partial charge in [-0.2, -0.15) is 4.31 Å². The molecule has 0 fully saturated rings. The molecule has 0 aromatic carbocycles. The van der Waals surface area contributed by atoms with Crippen LogP contribution in [0.3, 0.4) is 0 Å². The van der Waals surface area contributed by atoms with Crippen molar-refractivity contribution in [2.45, 2.75) is 24.8 Å². The molecule has 0 saturated carbocycles. The number of thiophene rings is 1. The van der Waals surface area contributed by atoms with E-state index in [-0.39, 0.29) is 29.0 Å². The van der Waals surface area contributed by atoms with Crippen LogP contribution in [0.15, 0.2) is 16.3 Å². The summed E-state index contributed by atoms with van der Waals surface area (Å²) < 4.78 is 31.0. The van der Waals surface area contributed by atoms with Crippen molar-refractivity contribution in [1.29, 1.82) is 0 Å². The van der Waals surface area contributed by atoms with Gasteiger partial charge in [0.15, 0.2) is 0 Å². The van der Waals surface area contributed by atoms with Gasteiger partial charge in [-0.25, -0.2) is 13.2 Å². The minimum absolute atomic E-state index is 0.00835. The number of rotatable bonds is 7. The molecule has 1 aromatic rings. The molecule has 0 aliphatic heterocycles. The molecule has 1 heterocycles. The van der Waals surface area contributed by atoms with E-state index in [1.807, 2.05) is 0 Å². The van der Waals surface area contributed by atoms with Gasteiger partial charge in [-0.1, -0.05) is 0 Å². The van der Waals surface area contributed by atoms with Crippen molar-refractivity contribution in [3.63, 3.8) is 0 Å². The van der Waals surface area contributed by atoms with Crippen molar-refractivity contribution in [3.05, 3.63) is 16.3 Å². The maximum Gasteiger partial charge on any atom is 0.345 e. The number of hydrogen-bond donors (Lipinski definition) is 1. The van der Waals surface area contributed by atoms with Crippen molar-refractivity contribution in [3.8, 4) is 0 Å². The van der Waals surface area contributed by atoms with Crippen molar-refractivity contribution in [2.75, 3.05) is 20.3 Å². The van der Waals surface area contributed by atoms with E-state index in [1.54, 1.807) is 13.8 Å². The highest BCUT2D eigenvalue weighted by atomic mass is 32.2. The SMILES string of the molecule is COCCN(C(C)C)S(=O)(=O)c1csc(C(=O)O)c1. The van der Waals surface area contributed by atoms with Crippen LogP contribution in [0, 0.1) is 0 Å². The molecule has 0 radical (unpaired) electrons. The molecule has 108 valence electrons. The molecule has 0 saturated heterocycles. The summed E-state index contributed by atoms with van der Waals surface area (Å²) in [5, 5.41) is 10.2. The first kappa shape index (κ1) is 16.1. The number of sulfonamides is 1. The Morgan fingerprint density at radius 2 is 2.16 bits per heavy atom. The van der Waals surface area contributed by atoms with E-state index in [0.717, 1.165) is 11.3 Å². The highest BCUT2D eigenvalue weighted by Crippen LogP contribution is 2.24. The van der Waals surface area contributed by atoms with E-state index in [4.69, 9.17) is 9.84 Å². The molecule has 19 heavy (non-hydrogen) atoms. The summed E-state index contributed by atoms with van der Waals surface area (Å²) >= 11 is 0.901. The number of methoxy groups -OCH3 is 1. The van der Waals surface area contributed by atoms with Gasteiger partial charge in [0.1, 0.15) is 4.88 Å². The minimum Gasteiger partial charge on any atom is -0.477 e. The third kappa shape index (κ3) is 3.75. The second-order valence-electron chi connectivity index (χ2n) is 4.15. The molecule has 6 nitrogen and oxygen atoms in total. The molecule has 0 bridgehead atoms. The standard InChI is InChI=1S/C11H17NO5S2/c1-8(2)12(4-5-17-3)19(15,16)9-6-10(11(13)14)18-7-9/h6-8H,4-5H2,1-3H3,(H,13,14). The smallest absolute Gasteiger partial charge is 0.345 e. The molecule has 0 aliphatic carbocycles. The van der Waals surface area contributed by atoms with Gasteiger partial charge in [-0.3, -0.25) is 0 Å². The first-order chi connectivity index (χ1) is 8.80. The predicted molar refractivity (Wildman–Crippen MR) is 72.2 cm³/mol. The van der Waals surface area contributed by atoms with Crippen LogP contribution in [0.5, 0.6) is 0 Å². The second-order valence-corrected chi connectivity index (χ2v) is 6.96. The Morgan fingerprint density at radius 3 is 2.58 bits per heavy atom. The maximum absolute atomic E-state index is 12.4. The van der Waals surface area contributed by atoms with Crippen molar-refractivity contribution in [1.82, 2.24) is 4.31 Å². The molecular formula is C11H17NO5S2. The van der Waals surface area contributed by atoms with Crippen LogP contribution in [-0.4, -0.2) is 50.1 Å². The fourth-order valence-corrected chi connectivity index (χ4v) is 4.26. The van der Waals surface area contributed by atoms with E-state index < -0.39 is 16.0 Å². The van der Waals surface area contributed by atoms with Crippen LogP contribution < -0.4 is 0 Å². The molecule has 1 N–H and O–H groups in total. The van der Waals surface area contributed by atoms with Gasteiger partial charge in [0.2, 0.25) is 10.0 Å². The van der Waals surface area contributed by atoms with Crippen LogP contribution in [0.4, 0.5) is 0 Å². The molecule has 8 heteroatoms. The highest BCUT2D eigenvalue weighted by Gasteiger charge is 2.28. The largest absolute Gasteiger partial charge is 0.477 e. The molecule has 0 unspecified atom stereocenters. The lowest BCUT2D eigenvalue weighted by molar-refractivity contribution is 0.0702. The van der Waals surface area contributed by atoms with Gasteiger partial charge in [0.05, 0.1) is 11.5 Å². The third-order valence-corrected chi connectivity index (χ3v) is 5.61. The summed E-state index contributed by atoms with van der Waals surface area (Å²) in [6.45, 7) is 4.04. The number of carboxylic acid groups (broad SMARTS) is 1. The summed E-state index contributed by atoms with van der Waals surface area (Å²) in [5.41, 5.74) is 0. The fraction of sp³-hybridized carbons (Fsp3) is 0.545. The van der Waals surface area contributed by atoms with Crippen molar-refractivity contribution >= 4 is 27.3 Å². The van der Waals surface area contributed by atoms with Crippen LogP contribution >= 0.6 is 11.3 Å². The zero-order valence-corrected chi connectivity index (χ0v) is 12.6. The lowest BCUT2D eigenvalue weighted by atomic mass is 10.4. The van der Waals surface area contributed by atoms with Gasteiger partial charge in [-0.15, -0.1) is 11.3 Å². The first-order valence-corrected chi connectivity index (χ1v) is 7.95. The van der Waals surface area contributed by atoms with E-state index in [1.165, 1.54) is 22.9 Å². The van der Waals surface area contributed by atoms with Gasteiger partial charge < -0.3 is 9.84 Å². The summed E-state index contributed by atoms with van der Waals surface area (Å²) in [6, 6.07) is 0.957. The van der Waals surface area contributed by atoms with Crippen LogP contribution in [0.25, 0.3) is 0 Å². The monoisotopic (exact) mass is 307 g/mol. The van der Waals surface area contributed by atoms with Gasteiger partial charge in [-0.05, 0) is 19.9 Å². The predicted octanol–water partition coefficient (Wildman–Crippen LogP) is 1.49. The lowest BCUT2D eigenvalue weighted by Gasteiger charge is -2.24. The Kier molecular flexibility index (Phi) is 5.48. The normalized spacial score (nSPS) is 12.3. The van der Waals surface area contributed by atoms with Gasteiger partial charge in [0, 0.05) is 25.1 Å². The van der Waals surface area contributed by atoms with E-state index >= 15 is 0 Å². The average molecular weight is 307 g/mol. The topological polar surface area (TPSA) is 83.9 Å². The molecule has 1 aromatic heterocycles.